The van der Waals surface area contributed by atoms with Crippen molar-refractivity contribution in [1.82, 2.24) is 24.6 Å². The average molecular weight is 619 g/mol. The zero-order valence-corrected chi connectivity index (χ0v) is 24.9. The molecule has 1 aliphatic rings. The fraction of sp³-hybridized carbons (Fsp3) is 0.290. The molecule has 0 N–H and O–H groups in total. The second kappa shape index (κ2) is 13.3. The lowest BCUT2D eigenvalue weighted by molar-refractivity contribution is -0.133. The van der Waals surface area contributed by atoms with E-state index < -0.39 is 0 Å². The zero-order chi connectivity index (χ0) is 27.9. The highest BCUT2D eigenvalue weighted by Gasteiger charge is 2.30. The molecule has 1 unspecified atom stereocenters. The number of carbonyl (C=O) groups excluding carboxylic acids is 2. The van der Waals surface area contributed by atoms with E-state index in [1.807, 2.05) is 77.4 Å². The van der Waals surface area contributed by atoms with Gasteiger partial charge >= 0.3 is 0 Å². The summed E-state index contributed by atoms with van der Waals surface area (Å²) in [4.78, 5) is 29.8. The maximum absolute atomic E-state index is 13.1. The molecule has 3 aromatic carbocycles. The van der Waals surface area contributed by atoms with Crippen molar-refractivity contribution in [3.05, 3.63) is 106 Å². The third-order valence-corrected chi connectivity index (χ3v) is 8.74. The molecule has 1 fully saturated rings. The molecule has 4 aromatic rings. The number of benzene rings is 3. The molecule has 0 radical (unpaired) electrons. The molecule has 0 saturated carbocycles. The summed E-state index contributed by atoms with van der Waals surface area (Å²) in [5.41, 5.74) is 2.86. The lowest BCUT2D eigenvalue weighted by Crippen LogP contribution is -2.55. The Balaban J connectivity index is 1.15. The summed E-state index contributed by atoms with van der Waals surface area (Å²) >= 11 is 5.11. The van der Waals surface area contributed by atoms with Crippen LogP contribution in [0.15, 0.2) is 94.6 Å². The van der Waals surface area contributed by atoms with E-state index in [1.165, 1.54) is 5.56 Å². The van der Waals surface area contributed by atoms with Crippen LogP contribution in [0.5, 0.6) is 0 Å². The third kappa shape index (κ3) is 6.64. The maximum atomic E-state index is 13.1. The lowest BCUT2D eigenvalue weighted by Gasteiger charge is -2.40. The predicted molar refractivity (Wildman–Crippen MR) is 162 cm³/mol. The van der Waals surface area contributed by atoms with Gasteiger partial charge in [-0.2, -0.15) is 0 Å². The van der Waals surface area contributed by atoms with Crippen LogP contribution in [0.4, 0.5) is 0 Å². The van der Waals surface area contributed by atoms with Crippen LogP contribution in [0.3, 0.4) is 0 Å². The fourth-order valence-electron chi connectivity index (χ4n) is 4.94. The van der Waals surface area contributed by atoms with E-state index in [0.717, 1.165) is 33.3 Å². The van der Waals surface area contributed by atoms with Gasteiger partial charge in [-0.05, 0) is 59.1 Å². The van der Waals surface area contributed by atoms with Crippen LogP contribution in [-0.2, 0) is 11.2 Å². The van der Waals surface area contributed by atoms with Crippen molar-refractivity contribution in [2.45, 2.75) is 37.4 Å². The maximum Gasteiger partial charge on any atom is 0.255 e. The molecule has 7 nitrogen and oxygen atoms in total. The van der Waals surface area contributed by atoms with Gasteiger partial charge in [0.15, 0.2) is 5.16 Å². The van der Waals surface area contributed by atoms with Gasteiger partial charge in [-0.15, -0.1) is 10.2 Å². The van der Waals surface area contributed by atoms with Crippen molar-refractivity contribution in [3.63, 3.8) is 0 Å². The molecule has 1 saturated heterocycles. The monoisotopic (exact) mass is 617 g/mol. The first kappa shape index (κ1) is 28.1. The number of rotatable bonds is 9. The molecular weight excluding hydrogens is 586 g/mol. The summed E-state index contributed by atoms with van der Waals surface area (Å²) in [6, 6.07) is 27.9. The molecule has 40 heavy (non-hydrogen) atoms. The van der Waals surface area contributed by atoms with E-state index in [-0.39, 0.29) is 17.9 Å². The second-order valence-corrected chi connectivity index (χ2v) is 11.8. The van der Waals surface area contributed by atoms with Gasteiger partial charge in [0.05, 0.1) is 5.56 Å². The van der Waals surface area contributed by atoms with E-state index >= 15 is 0 Å². The molecule has 1 aromatic heterocycles. The molecular formula is C31H32BrN5O2S. The van der Waals surface area contributed by atoms with Crippen LogP contribution in [0.25, 0.3) is 5.69 Å². The van der Waals surface area contributed by atoms with Crippen LogP contribution in [0, 0.1) is 0 Å². The molecule has 1 atom stereocenters. The van der Waals surface area contributed by atoms with Gasteiger partial charge in [0, 0.05) is 54.4 Å². The zero-order valence-electron chi connectivity index (χ0n) is 22.4. The second-order valence-electron chi connectivity index (χ2n) is 9.85. The number of nitrogens with zero attached hydrogens (tertiary/aromatic N) is 5. The first-order chi connectivity index (χ1) is 19.5. The van der Waals surface area contributed by atoms with Crippen LogP contribution >= 0.6 is 27.7 Å². The van der Waals surface area contributed by atoms with Gasteiger partial charge < -0.3 is 9.80 Å². The van der Waals surface area contributed by atoms with Crippen molar-refractivity contribution in [3.8, 4) is 5.69 Å². The number of halogens is 1. The smallest absolute Gasteiger partial charge is 0.255 e. The number of aromatic nitrogens is 3. The first-order valence-electron chi connectivity index (χ1n) is 13.5. The van der Waals surface area contributed by atoms with Gasteiger partial charge in [0.2, 0.25) is 5.91 Å². The average Bonchev–Trinajstić information content (AvgIpc) is 3.38. The van der Waals surface area contributed by atoms with E-state index in [1.54, 1.807) is 11.8 Å². The van der Waals surface area contributed by atoms with E-state index in [9.17, 15) is 9.59 Å². The fourth-order valence-corrected chi connectivity index (χ4v) is 6.31. The molecule has 1 aliphatic heterocycles. The summed E-state index contributed by atoms with van der Waals surface area (Å²) in [5.74, 6) is 1.78. The van der Waals surface area contributed by atoms with Crippen LogP contribution < -0.4 is 0 Å². The summed E-state index contributed by atoms with van der Waals surface area (Å²) in [6.07, 6.45) is 1.90. The Morgan fingerprint density at radius 1 is 0.925 bits per heavy atom. The van der Waals surface area contributed by atoms with Gasteiger partial charge in [-0.25, -0.2) is 0 Å². The minimum absolute atomic E-state index is 0.00219. The predicted octanol–water partition coefficient (Wildman–Crippen LogP) is 5.87. The normalized spacial score (nSPS) is 15.3. The first-order valence-corrected chi connectivity index (χ1v) is 15.3. The number of para-hydroxylation sites is 1. The third-order valence-electron chi connectivity index (χ3n) is 7.03. The summed E-state index contributed by atoms with van der Waals surface area (Å²) in [7, 11) is 0. The lowest BCUT2D eigenvalue weighted by atomic mass is 10.1. The molecule has 5 rings (SSSR count). The van der Waals surface area contributed by atoms with Gasteiger partial charge in [-0.1, -0.05) is 72.4 Å². The highest BCUT2D eigenvalue weighted by molar-refractivity contribution is 9.10. The molecule has 9 heteroatoms. The van der Waals surface area contributed by atoms with Gasteiger partial charge in [0.1, 0.15) is 5.82 Å². The molecule has 206 valence electrons. The topological polar surface area (TPSA) is 71.3 Å². The highest BCUT2D eigenvalue weighted by Crippen LogP contribution is 2.25. The number of thioether (sulfide) groups is 1. The van der Waals surface area contributed by atoms with Gasteiger partial charge in [-0.3, -0.25) is 14.2 Å². The standard InChI is InChI=1S/C31H32BrN5O2S/c1-23-22-35(18-19-36(23)30(39)26-15-8-9-16-27(26)32)29(38)17-10-20-40-31-34-33-28(21-24-11-4-2-5-12-24)37(31)25-13-6-3-7-14-25/h2-9,11-16,23H,10,17-22H2,1H3. The number of piperazine rings is 1. The molecule has 0 bridgehead atoms. The molecule has 0 aliphatic carbocycles. The van der Waals surface area contributed by atoms with E-state index in [4.69, 9.17) is 0 Å². The minimum Gasteiger partial charge on any atom is -0.339 e. The Morgan fingerprint density at radius 2 is 1.62 bits per heavy atom. The summed E-state index contributed by atoms with van der Waals surface area (Å²) in [5, 5.41) is 9.85. The molecule has 2 amide bonds. The number of amides is 2. The number of carbonyl (C=O) groups is 2. The van der Waals surface area contributed by atoms with E-state index in [0.29, 0.717) is 38.0 Å². The Kier molecular flexibility index (Phi) is 9.34. The van der Waals surface area contributed by atoms with Crippen molar-refractivity contribution >= 4 is 39.5 Å². The molecule has 2 heterocycles. The molecule has 0 spiro atoms. The van der Waals surface area contributed by atoms with Crippen molar-refractivity contribution in [1.29, 1.82) is 0 Å². The highest BCUT2D eigenvalue weighted by atomic mass is 79.9. The Morgan fingerprint density at radius 3 is 2.35 bits per heavy atom. The number of hydrogen-bond acceptors (Lipinski definition) is 5. The van der Waals surface area contributed by atoms with Crippen molar-refractivity contribution in [2.24, 2.45) is 0 Å². The van der Waals surface area contributed by atoms with Gasteiger partial charge in [0.25, 0.3) is 5.91 Å². The van der Waals surface area contributed by atoms with Crippen molar-refractivity contribution in [2.75, 3.05) is 25.4 Å². The summed E-state index contributed by atoms with van der Waals surface area (Å²) in [6.45, 7) is 3.64. The largest absolute Gasteiger partial charge is 0.339 e. The SMILES string of the molecule is CC1CN(C(=O)CCCSc2nnc(Cc3ccccc3)n2-c2ccccc2)CCN1C(=O)c1ccccc1Br. The Bertz CT molecular complexity index is 1450. The van der Waals surface area contributed by atoms with Crippen LogP contribution in [0.2, 0.25) is 0 Å². The van der Waals surface area contributed by atoms with E-state index in [2.05, 4.69) is 55.0 Å². The summed E-state index contributed by atoms with van der Waals surface area (Å²) < 4.78 is 2.90. The minimum atomic E-state index is -0.0425. The number of hydrogen-bond donors (Lipinski definition) is 0. The van der Waals surface area contributed by atoms with Crippen LogP contribution in [0.1, 0.15) is 41.5 Å². The Hall–Kier alpha value is -3.43. The van der Waals surface area contributed by atoms with Crippen molar-refractivity contribution < 1.29 is 9.59 Å². The van der Waals surface area contributed by atoms with Crippen LogP contribution in [-0.4, -0.2) is 67.8 Å². The quantitative estimate of drug-likeness (QED) is 0.174. The Labute approximate surface area is 247 Å².